The number of carbonyl (C=O) groups is 2. The molecule has 1 aliphatic rings. The number of hydrogen-bond acceptors (Lipinski definition) is 5. The average molecular weight is 367 g/mol. The molecule has 0 radical (unpaired) electrons. The SMILES string of the molecule is COc1ccc(N2N=C(N(C(C)=O)c3cc(C)ccc3OC)CC2=O)cc1. The van der Waals surface area contributed by atoms with Crippen LogP contribution in [0.5, 0.6) is 11.5 Å². The molecule has 0 aromatic heterocycles. The van der Waals surface area contributed by atoms with Gasteiger partial charge in [-0.3, -0.25) is 14.5 Å². The summed E-state index contributed by atoms with van der Waals surface area (Å²) in [7, 11) is 3.12. The highest BCUT2D eigenvalue weighted by atomic mass is 16.5. The van der Waals surface area contributed by atoms with E-state index in [9.17, 15) is 9.59 Å². The van der Waals surface area contributed by atoms with Crippen molar-refractivity contribution in [1.82, 2.24) is 0 Å². The maximum atomic E-state index is 12.5. The fourth-order valence-corrected chi connectivity index (χ4v) is 2.93. The van der Waals surface area contributed by atoms with Crippen LogP contribution >= 0.6 is 0 Å². The molecule has 2 aromatic rings. The minimum absolute atomic E-state index is 0.0166. The number of benzene rings is 2. The number of ether oxygens (including phenoxy) is 2. The molecule has 27 heavy (non-hydrogen) atoms. The summed E-state index contributed by atoms with van der Waals surface area (Å²) in [5.41, 5.74) is 2.14. The van der Waals surface area contributed by atoms with E-state index in [0.717, 1.165) is 5.56 Å². The highest BCUT2D eigenvalue weighted by Crippen LogP contribution is 2.32. The van der Waals surface area contributed by atoms with Crippen LogP contribution in [0.25, 0.3) is 0 Å². The van der Waals surface area contributed by atoms with Crippen LogP contribution in [0.15, 0.2) is 47.6 Å². The van der Waals surface area contributed by atoms with E-state index in [1.807, 2.05) is 19.1 Å². The van der Waals surface area contributed by atoms with Gasteiger partial charge in [-0.05, 0) is 48.9 Å². The third-order valence-corrected chi connectivity index (χ3v) is 4.23. The third-order valence-electron chi connectivity index (χ3n) is 4.23. The number of amidine groups is 1. The maximum absolute atomic E-state index is 12.5. The van der Waals surface area contributed by atoms with E-state index in [1.54, 1.807) is 37.4 Å². The molecule has 2 aromatic carbocycles. The standard InChI is InChI=1S/C20H21N3O4/c1-13-5-10-18(27-4)17(11-13)22(14(2)24)19-12-20(25)23(21-19)15-6-8-16(26-3)9-7-15/h5-11H,12H2,1-4H3. The lowest BCUT2D eigenvalue weighted by Crippen LogP contribution is -2.35. The topological polar surface area (TPSA) is 71.4 Å². The van der Waals surface area contributed by atoms with E-state index in [1.165, 1.54) is 23.9 Å². The van der Waals surface area contributed by atoms with Crippen LogP contribution in [0.2, 0.25) is 0 Å². The first-order valence-electron chi connectivity index (χ1n) is 8.44. The van der Waals surface area contributed by atoms with Crippen molar-refractivity contribution < 1.29 is 19.1 Å². The molecule has 0 spiro atoms. The molecule has 0 fully saturated rings. The van der Waals surface area contributed by atoms with Crippen molar-refractivity contribution in [2.24, 2.45) is 5.10 Å². The van der Waals surface area contributed by atoms with Crippen molar-refractivity contribution in [3.05, 3.63) is 48.0 Å². The molecule has 0 N–H and O–H groups in total. The predicted octanol–water partition coefficient (Wildman–Crippen LogP) is 3.12. The summed E-state index contributed by atoms with van der Waals surface area (Å²) < 4.78 is 10.5. The number of hydrazone groups is 1. The molecule has 2 amide bonds. The summed E-state index contributed by atoms with van der Waals surface area (Å²) in [6, 6.07) is 12.5. The molecule has 7 nitrogen and oxygen atoms in total. The monoisotopic (exact) mass is 367 g/mol. The first-order valence-corrected chi connectivity index (χ1v) is 8.44. The molecule has 1 heterocycles. The van der Waals surface area contributed by atoms with E-state index in [-0.39, 0.29) is 18.2 Å². The van der Waals surface area contributed by atoms with Gasteiger partial charge in [-0.25, -0.2) is 0 Å². The van der Waals surface area contributed by atoms with E-state index >= 15 is 0 Å². The lowest BCUT2D eigenvalue weighted by atomic mass is 10.1. The summed E-state index contributed by atoms with van der Waals surface area (Å²) in [5.74, 6) is 1.11. The zero-order chi connectivity index (χ0) is 19.6. The van der Waals surface area contributed by atoms with Gasteiger partial charge in [0.05, 0.1) is 32.0 Å². The summed E-state index contributed by atoms with van der Waals surface area (Å²) in [5, 5.41) is 5.71. The molecule has 0 aliphatic carbocycles. The van der Waals surface area contributed by atoms with Gasteiger partial charge >= 0.3 is 0 Å². The molecule has 0 atom stereocenters. The Morgan fingerprint density at radius 3 is 2.41 bits per heavy atom. The summed E-state index contributed by atoms with van der Waals surface area (Å²) in [6.45, 7) is 3.36. The van der Waals surface area contributed by atoms with Gasteiger partial charge in [0.2, 0.25) is 5.91 Å². The first kappa shape index (κ1) is 18.4. The Balaban J connectivity index is 2.00. The van der Waals surface area contributed by atoms with Crippen molar-refractivity contribution in [1.29, 1.82) is 0 Å². The van der Waals surface area contributed by atoms with Crippen LogP contribution in [0.4, 0.5) is 11.4 Å². The number of anilines is 2. The van der Waals surface area contributed by atoms with Gasteiger partial charge in [-0.2, -0.15) is 10.1 Å². The Labute approximate surface area is 157 Å². The van der Waals surface area contributed by atoms with Crippen molar-refractivity contribution >= 4 is 29.0 Å². The highest BCUT2D eigenvalue weighted by molar-refractivity contribution is 6.25. The Hall–Kier alpha value is -3.35. The molecule has 140 valence electrons. The van der Waals surface area contributed by atoms with Gasteiger partial charge in [0.15, 0.2) is 0 Å². The van der Waals surface area contributed by atoms with Crippen LogP contribution in [0, 0.1) is 6.92 Å². The molecule has 7 heteroatoms. The smallest absolute Gasteiger partial charge is 0.255 e. The quantitative estimate of drug-likeness (QED) is 0.832. The molecule has 3 rings (SSSR count). The molecule has 1 aliphatic heterocycles. The zero-order valence-corrected chi connectivity index (χ0v) is 15.7. The van der Waals surface area contributed by atoms with Crippen LogP contribution in [0.1, 0.15) is 18.9 Å². The van der Waals surface area contributed by atoms with Crippen molar-refractivity contribution in [2.45, 2.75) is 20.3 Å². The lowest BCUT2D eigenvalue weighted by molar-refractivity contribution is -0.116. The minimum atomic E-state index is -0.248. The van der Waals surface area contributed by atoms with E-state index in [4.69, 9.17) is 9.47 Å². The third kappa shape index (κ3) is 3.62. The fourth-order valence-electron chi connectivity index (χ4n) is 2.93. The van der Waals surface area contributed by atoms with Gasteiger partial charge in [0.25, 0.3) is 5.91 Å². The van der Waals surface area contributed by atoms with Gasteiger partial charge in [-0.15, -0.1) is 0 Å². The fraction of sp³-hybridized carbons (Fsp3) is 0.250. The van der Waals surface area contributed by atoms with Gasteiger partial charge < -0.3 is 9.47 Å². The summed E-state index contributed by atoms with van der Waals surface area (Å²) >= 11 is 0. The number of aryl methyl sites for hydroxylation is 1. The van der Waals surface area contributed by atoms with Crippen LogP contribution in [-0.2, 0) is 9.59 Å². The molecule has 0 saturated carbocycles. The number of methoxy groups -OCH3 is 2. The predicted molar refractivity (Wildman–Crippen MR) is 103 cm³/mol. The number of nitrogens with zero attached hydrogens (tertiary/aromatic N) is 3. The summed E-state index contributed by atoms with van der Waals surface area (Å²) in [4.78, 5) is 26.3. The zero-order valence-electron chi connectivity index (χ0n) is 15.7. The second-order valence-corrected chi connectivity index (χ2v) is 6.13. The number of carbonyl (C=O) groups excluding carboxylic acids is 2. The van der Waals surface area contributed by atoms with Gasteiger partial charge in [0.1, 0.15) is 17.3 Å². The Morgan fingerprint density at radius 2 is 1.81 bits per heavy atom. The molecule has 0 saturated heterocycles. The van der Waals surface area contributed by atoms with E-state index in [0.29, 0.717) is 28.7 Å². The average Bonchev–Trinajstić information content (AvgIpc) is 3.03. The number of hydrogen-bond donors (Lipinski definition) is 0. The van der Waals surface area contributed by atoms with Crippen LogP contribution < -0.4 is 19.4 Å². The van der Waals surface area contributed by atoms with Crippen LogP contribution in [-0.4, -0.2) is 31.9 Å². The lowest BCUT2D eigenvalue weighted by Gasteiger charge is -2.22. The van der Waals surface area contributed by atoms with Crippen molar-refractivity contribution in [3.8, 4) is 11.5 Å². The molecular weight excluding hydrogens is 346 g/mol. The molecular formula is C20H21N3O4. The number of rotatable bonds is 4. The molecule has 0 bridgehead atoms. The number of amides is 2. The summed E-state index contributed by atoms with van der Waals surface area (Å²) in [6.07, 6.45) is 0.0166. The molecule has 0 unspecified atom stereocenters. The second kappa shape index (κ2) is 7.49. The normalized spacial score (nSPS) is 13.4. The Bertz CT molecular complexity index is 906. The van der Waals surface area contributed by atoms with Gasteiger partial charge in [-0.1, -0.05) is 6.07 Å². The largest absolute Gasteiger partial charge is 0.497 e. The Kier molecular flexibility index (Phi) is 5.12. The Morgan fingerprint density at radius 1 is 1.11 bits per heavy atom. The highest BCUT2D eigenvalue weighted by Gasteiger charge is 2.32. The van der Waals surface area contributed by atoms with Crippen molar-refractivity contribution in [2.75, 3.05) is 24.1 Å². The second-order valence-electron chi connectivity index (χ2n) is 6.13. The first-order chi connectivity index (χ1) is 12.9. The van der Waals surface area contributed by atoms with Crippen molar-refractivity contribution in [3.63, 3.8) is 0 Å². The van der Waals surface area contributed by atoms with Gasteiger partial charge in [0, 0.05) is 6.92 Å². The van der Waals surface area contributed by atoms with Crippen LogP contribution in [0.3, 0.4) is 0 Å². The van der Waals surface area contributed by atoms with E-state index < -0.39 is 0 Å². The minimum Gasteiger partial charge on any atom is -0.497 e. The van der Waals surface area contributed by atoms with E-state index in [2.05, 4.69) is 5.10 Å². The maximum Gasteiger partial charge on any atom is 0.255 e.